The van der Waals surface area contributed by atoms with Crippen molar-refractivity contribution in [3.8, 4) is 0 Å². The first-order valence-electron chi connectivity index (χ1n) is 3.84. The average Bonchev–Trinajstić information content (AvgIpc) is 2.54. The SMILES string of the molecule is C=CC[C@@](O)(c1ccsc1)C(F)(F)F. The Morgan fingerprint density at radius 3 is 2.50 bits per heavy atom. The molecular formula is C9H9F3OS. The molecule has 1 aromatic rings. The van der Waals surface area contributed by atoms with Gasteiger partial charge in [0.1, 0.15) is 0 Å². The van der Waals surface area contributed by atoms with Gasteiger partial charge in [0.25, 0.3) is 0 Å². The van der Waals surface area contributed by atoms with Gasteiger partial charge in [-0.05, 0) is 16.8 Å². The summed E-state index contributed by atoms with van der Waals surface area (Å²) >= 11 is 1.11. The monoisotopic (exact) mass is 222 g/mol. The Kier molecular flexibility index (Phi) is 3.01. The molecule has 0 fully saturated rings. The first-order chi connectivity index (χ1) is 6.42. The van der Waals surface area contributed by atoms with Crippen LogP contribution in [0.5, 0.6) is 0 Å². The fourth-order valence-electron chi connectivity index (χ4n) is 1.11. The van der Waals surface area contributed by atoms with Crippen molar-refractivity contribution >= 4 is 11.3 Å². The van der Waals surface area contributed by atoms with Crippen LogP contribution in [0.4, 0.5) is 13.2 Å². The smallest absolute Gasteiger partial charge is 0.376 e. The van der Waals surface area contributed by atoms with E-state index >= 15 is 0 Å². The van der Waals surface area contributed by atoms with Crippen LogP contribution < -0.4 is 0 Å². The molecule has 0 aliphatic rings. The molecule has 0 aromatic carbocycles. The van der Waals surface area contributed by atoms with Gasteiger partial charge in [0.15, 0.2) is 5.60 Å². The van der Waals surface area contributed by atoms with Crippen molar-refractivity contribution in [3.63, 3.8) is 0 Å². The van der Waals surface area contributed by atoms with Gasteiger partial charge in [-0.25, -0.2) is 0 Å². The van der Waals surface area contributed by atoms with E-state index in [9.17, 15) is 18.3 Å². The topological polar surface area (TPSA) is 20.2 Å². The zero-order valence-corrected chi connectivity index (χ0v) is 8.03. The van der Waals surface area contributed by atoms with Crippen LogP contribution in [0.1, 0.15) is 12.0 Å². The van der Waals surface area contributed by atoms with Crippen molar-refractivity contribution in [1.82, 2.24) is 0 Å². The minimum atomic E-state index is -4.68. The number of hydrogen-bond acceptors (Lipinski definition) is 2. The third-order valence-electron chi connectivity index (χ3n) is 1.91. The van der Waals surface area contributed by atoms with Gasteiger partial charge >= 0.3 is 6.18 Å². The Balaban J connectivity index is 3.11. The third-order valence-corrected chi connectivity index (χ3v) is 2.59. The van der Waals surface area contributed by atoms with E-state index in [1.54, 1.807) is 0 Å². The normalized spacial score (nSPS) is 16.3. The molecule has 0 saturated heterocycles. The number of rotatable bonds is 3. The number of thiophene rings is 1. The fourth-order valence-corrected chi connectivity index (χ4v) is 1.83. The fraction of sp³-hybridized carbons (Fsp3) is 0.333. The van der Waals surface area contributed by atoms with Crippen LogP contribution >= 0.6 is 11.3 Å². The molecule has 0 bridgehead atoms. The highest BCUT2D eigenvalue weighted by Gasteiger charge is 2.54. The molecular weight excluding hydrogens is 213 g/mol. The van der Waals surface area contributed by atoms with Crippen molar-refractivity contribution in [2.45, 2.75) is 18.2 Å². The summed E-state index contributed by atoms with van der Waals surface area (Å²) in [5, 5.41) is 12.3. The molecule has 0 amide bonds. The molecule has 1 aromatic heterocycles. The Bertz CT molecular complexity index is 304. The minimum Gasteiger partial charge on any atom is -0.376 e. The van der Waals surface area contributed by atoms with Crippen LogP contribution in [0.3, 0.4) is 0 Å². The van der Waals surface area contributed by atoms with E-state index in [1.165, 1.54) is 16.8 Å². The highest BCUT2D eigenvalue weighted by molar-refractivity contribution is 7.08. The molecule has 78 valence electrons. The number of alkyl halides is 3. The number of hydrogen-bond donors (Lipinski definition) is 1. The van der Waals surface area contributed by atoms with E-state index < -0.39 is 18.2 Å². The lowest BCUT2D eigenvalue weighted by molar-refractivity contribution is -0.265. The van der Waals surface area contributed by atoms with E-state index in [4.69, 9.17) is 0 Å². The zero-order chi connectivity index (χ0) is 10.8. The van der Waals surface area contributed by atoms with E-state index in [1.807, 2.05) is 0 Å². The van der Waals surface area contributed by atoms with Gasteiger partial charge in [-0.15, -0.1) is 6.58 Å². The maximum atomic E-state index is 12.6. The molecule has 1 atom stereocenters. The van der Waals surface area contributed by atoms with E-state index in [-0.39, 0.29) is 5.56 Å². The summed E-state index contributed by atoms with van der Waals surface area (Å²) < 4.78 is 37.7. The van der Waals surface area contributed by atoms with Crippen LogP contribution in [-0.2, 0) is 5.60 Å². The quantitative estimate of drug-likeness (QED) is 0.779. The second kappa shape index (κ2) is 3.74. The van der Waals surface area contributed by atoms with Crippen LogP contribution in [0, 0.1) is 0 Å². The van der Waals surface area contributed by atoms with Crippen molar-refractivity contribution in [3.05, 3.63) is 35.0 Å². The van der Waals surface area contributed by atoms with Gasteiger partial charge in [-0.1, -0.05) is 6.08 Å². The summed E-state index contributed by atoms with van der Waals surface area (Å²) in [6.07, 6.45) is -4.15. The summed E-state index contributed by atoms with van der Waals surface area (Å²) in [5.41, 5.74) is -2.93. The predicted molar refractivity (Wildman–Crippen MR) is 49.1 cm³/mol. The van der Waals surface area contributed by atoms with Gasteiger partial charge in [-0.2, -0.15) is 24.5 Å². The maximum absolute atomic E-state index is 12.6. The van der Waals surface area contributed by atoms with Crippen molar-refractivity contribution in [2.75, 3.05) is 0 Å². The number of halogens is 3. The zero-order valence-electron chi connectivity index (χ0n) is 7.21. The molecule has 1 heterocycles. The summed E-state index contributed by atoms with van der Waals surface area (Å²) in [5.74, 6) is 0. The first kappa shape index (κ1) is 11.3. The van der Waals surface area contributed by atoms with Crippen molar-refractivity contribution in [1.29, 1.82) is 0 Å². The molecule has 1 nitrogen and oxygen atoms in total. The van der Waals surface area contributed by atoms with Gasteiger partial charge in [0, 0.05) is 12.0 Å². The van der Waals surface area contributed by atoms with Crippen molar-refractivity contribution < 1.29 is 18.3 Å². The summed E-state index contributed by atoms with van der Waals surface area (Å²) in [6, 6.07) is 1.27. The lowest BCUT2D eigenvalue weighted by Gasteiger charge is -2.28. The van der Waals surface area contributed by atoms with Crippen molar-refractivity contribution in [2.24, 2.45) is 0 Å². The first-order valence-corrected chi connectivity index (χ1v) is 4.79. The van der Waals surface area contributed by atoms with Crippen LogP contribution in [0.25, 0.3) is 0 Å². The Morgan fingerprint density at radius 1 is 1.50 bits per heavy atom. The molecule has 0 aliphatic heterocycles. The van der Waals surface area contributed by atoms with Crippen LogP contribution in [0.15, 0.2) is 29.5 Å². The second-order valence-electron chi connectivity index (χ2n) is 2.86. The van der Waals surface area contributed by atoms with Crippen LogP contribution in [0.2, 0.25) is 0 Å². The molecule has 5 heteroatoms. The highest BCUT2D eigenvalue weighted by Crippen LogP contribution is 2.42. The second-order valence-corrected chi connectivity index (χ2v) is 3.64. The minimum absolute atomic E-state index is 0.130. The molecule has 0 unspecified atom stereocenters. The van der Waals surface area contributed by atoms with Gasteiger partial charge < -0.3 is 5.11 Å². The highest BCUT2D eigenvalue weighted by atomic mass is 32.1. The molecule has 0 aliphatic carbocycles. The van der Waals surface area contributed by atoms with Gasteiger partial charge in [-0.3, -0.25) is 0 Å². The molecule has 14 heavy (non-hydrogen) atoms. The van der Waals surface area contributed by atoms with Crippen LogP contribution in [-0.4, -0.2) is 11.3 Å². The Labute approximate surface area is 83.5 Å². The van der Waals surface area contributed by atoms with Gasteiger partial charge in [0.05, 0.1) is 0 Å². The maximum Gasteiger partial charge on any atom is 0.421 e. The molecule has 1 N–H and O–H groups in total. The number of aliphatic hydroxyl groups is 1. The van der Waals surface area contributed by atoms with E-state index in [0.29, 0.717) is 0 Å². The Morgan fingerprint density at radius 2 is 2.14 bits per heavy atom. The summed E-state index contributed by atoms with van der Waals surface area (Å²) in [4.78, 5) is 0. The molecule has 0 saturated carbocycles. The molecule has 0 spiro atoms. The van der Waals surface area contributed by atoms with E-state index in [0.717, 1.165) is 17.4 Å². The standard InChI is InChI=1S/C9H9F3OS/c1-2-4-8(13,9(10,11)12)7-3-5-14-6-7/h2-3,5-6,13H,1,4H2/t8-/m1/s1. The molecule has 0 radical (unpaired) electrons. The predicted octanol–water partition coefficient (Wildman–Crippen LogP) is 3.07. The summed E-state index contributed by atoms with van der Waals surface area (Å²) in [7, 11) is 0. The largest absolute Gasteiger partial charge is 0.421 e. The summed E-state index contributed by atoms with van der Waals surface area (Å²) in [6.45, 7) is 3.21. The average molecular weight is 222 g/mol. The lowest BCUT2D eigenvalue weighted by Crippen LogP contribution is -2.41. The third kappa shape index (κ3) is 1.83. The Hall–Kier alpha value is -0.810. The van der Waals surface area contributed by atoms with Gasteiger partial charge in [0.2, 0.25) is 0 Å². The molecule has 1 rings (SSSR count). The van der Waals surface area contributed by atoms with E-state index in [2.05, 4.69) is 6.58 Å². The lowest BCUT2D eigenvalue weighted by atomic mass is 9.92.